The van der Waals surface area contributed by atoms with Gasteiger partial charge in [0.2, 0.25) is 0 Å². The fraction of sp³-hybridized carbons (Fsp3) is 0.143. The molecule has 0 aliphatic carbocycles. The molecule has 0 saturated heterocycles. The minimum Gasteiger partial charge on any atom is -0.310 e. The second-order valence-corrected chi connectivity index (χ2v) is 7.74. The first-order valence-electron chi connectivity index (χ1n) is 8.34. The number of aromatic amines is 1. The lowest BCUT2D eigenvalue weighted by Gasteiger charge is -2.05. The maximum absolute atomic E-state index is 12.7. The summed E-state index contributed by atoms with van der Waals surface area (Å²) in [6.45, 7) is 4.17. The summed E-state index contributed by atoms with van der Waals surface area (Å²) in [7, 11) is 0. The van der Waals surface area contributed by atoms with E-state index in [1.165, 1.54) is 22.5 Å². The second-order valence-electron chi connectivity index (χ2n) is 6.44. The van der Waals surface area contributed by atoms with Gasteiger partial charge in [0, 0.05) is 22.4 Å². The highest BCUT2D eigenvalue weighted by atomic mass is 35.5. The number of nitrogens with zero attached hydrogens (tertiary/aromatic N) is 1. The second kappa shape index (κ2) is 6.71. The SMILES string of the molecule is Cc1ccc(-c2csc3nc(Cc4ccc(Cl)cc4)[nH]c(=O)c23)cc1C. The molecule has 0 radical (unpaired) electrons. The van der Waals surface area contributed by atoms with Gasteiger partial charge in [0.05, 0.1) is 5.39 Å². The fourth-order valence-corrected chi connectivity index (χ4v) is 4.09. The number of rotatable bonds is 3. The highest BCUT2D eigenvalue weighted by Crippen LogP contribution is 2.31. The van der Waals surface area contributed by atoms with E-state index in [-0.39, 0.29) is 5.56 Å². The van der Waals surface area contributed by atoms with E-state index in [2.05, 4.69) is 42.0 Å². The Labute approximate surface area is 160 Å². The molecule has 0 saturated carbocycles. The van der Waals surface area contributed by atoms with Crippen LogP contribution >= 0.6 is 22.9 Å². The van der Waals surface area contributed by atoms with Gasteiger partial charge in [-0.1, -0.05) is 41.9 Å². The van der Waals surface area contributed by atoms with E-state index in [9.17, 15) is 4.79 Å². The summed E-state index contributed by atoms with van der Waals surface area (Å²) in [5.41, 5.74) is 5.42. The predicted octanol–water partition coefficient (Wildman–Crippen LogP) is 5.51. The Hall–Kier alpha value is -2.43. The van der Waals surface area contributed by atoms with Crippen molar-refractivity contribution in [2.75, 3.05) is 0 Å². The number of halogens is 1. The zero-order valence-corrected chi connectivity index (χ0v) is 16.0. The van der Waals surface area contributed by atoms with Crippen molar-refractivity contribution in [1.82, 2.24) is 9.97 Å². The molecule has 4 aromatic rings. The Bertz CT molecular complexity index is 1160. The third-order valence-electron chi connectivity index (χ3n) is 4.60. The quantitative estimate of drug-likeness (QED) is 0.509. The maximum atomic E-state index is 12.7. The van der Waals surface area contributed by atoms with Crippen molar-refractivity contribution in [1.29, 1.82) is 0 Å². The number of H-pyrrole nitrogens is 1. The number of fused-ring (bicyclic) bond motifs is 1. The molecule has 0 fully saturated rings. The first kappa shape index (κ1) is 17.0. The van der Waals surface area contributed by atoms with Crippen molar-refractivity contribution in [3.8, 4) is 11.1 Å². The summed E-state index contributed by atoms with van der Waals surface area (Å²) in [4.78, 5) is 21.1. The van der Waals surface area contributed by atoms with Crippen LogP contribution in [-0.4, -0.2) is 9.97 Å². The van der Waals surface area contributed by atoms with E-state index in [0.29, 0.717) is 22.7 Å². The Morgan fingerprint density at radius 3 is 2.58 bits per heavy atom. The Kier molecular flexibility index (Phi) is 4.39. The van der Waals surface area contributed by atoms with Crippen LogP contribution in [0.4, 0.5) is 0 Å². The molecule has 0 bridgehead atoms. The van der Waals surface area contributed by atoms with Gasteiger partial charge >= 0.3 is 0 Å². The number of benzene rings is 2. The average molecular weight is 381 g/mol. The third kappa shape index (κ3) is 3.18. The van der Waals surface area contributed by atoms with Gasteiger partial charge in [-0.15, -0.1) is 11.3 Å². The monoisotopic (exact) mass is 380 g/mol. The smallest absolute Gasteiger partial charge is 0.260 e. The molecular formula is C21H17ClN2OS. The molecule has 0 atom stereocenters. The Balaban J connectivity index is 1.76. The number of thiophene rings is 1. The summed E-state index contributed by atoms with van der Waals surface area (Å²) in [5.74, 6) is 0.665. The predicted molar refractivity (Wildman–Crippen MR) is 109 cm³/mol. The summed E-state index contributed by atoms with van der Waals surface area (Å²) < 4.78 is 0. The van der Waals surface area contributed by atoms with Crippen LogP contribution in [0.5, 0.6) is 0 Å². The van der Waals surface area contributed by atoms with Crippen molar-refractivity contribution < 1.29 is 0 Å². The van der Waals surface area contributed by atoms with Crippen LogP contribution in [0.15, 0.2) is 52.6 Å². The van der Waals surface area contributed by atoms with E-state index >= 15 is 0 Å². The van der Waals surface area contributed by atoms with Crippen LogP contribution in [-0.2, 0) is 6.42 Å². The first-order valence-corrected chi connectivity index (χ1v) is 9.59. The molecule has 1 N–H and O–H groups in total. The molecule has 0 amide bonds. The maximum Gasteiger partial charge on any atom is 0.260 e. The van der Waals surface area contributed by atoms with Crippen LogP contribution in [0.3, 0.4) is 0 Å². The van der Waals surface area contributed by atoms with E-state index < -0.39 is 0 Å². The van der Waals surface area contributed by atoms with Gasteiger partial charge in [0.15, 0.2) is 0 Å². The van der Waals surface area contributed by atoms with Crippen molar-refractivity contribution in [3.05, 3.63) is 85.7 Å². The summed E-state index contributed by atoms with van der Waals surface area (Å²) >= 11 is 7.44. The number of hydrogen-bond acceptors (Lipinski definition) is 3. The van der Waals surface area contributed by atoms with Crippen molar-refractivity contribution in [2.24, 2.45) is 0 Å². The standard InChI is InChI=1S/C21H17ClN2OS/c1-12-3-6-15(9-13(12)2)17-11-26-21-19(17)20(25)23-18(24-21)10-14-4-7-16(22)8-5-14/h3-9,11H,10H2,1-2H3,(H,23,24,25). The Morgan fingerprint density at radius 2 is 1.85 bits per heavy atom. The summed E-state index contributed by atoms with van der Waals surface area (Å²) in [6.07, 6.45) is 0.569. The van der Waals surface area contributed by atoms with Crippen LogP contribution in [0.1, 0.15) is 22.5 Å². The molecule has 2 aromatic carbocycles. The fourth-order valence-electron chi connectivity index (χ4n) is 2.99. The van der Waals surface area contributed by atoms with E-state index in [4.69, 9.17) is 11.6 Å². The molecule has 0 aliphatic rings. The number of nitrogens with one attached hydrogen (secondary N) is 1. The van der Waals surface area contributed by atoms with Gasteiger partial charge in [0.1, 0.15) is 10.7 Å². The minimum absolute atomic E-state index is 0.0894. The van der Waals surface area contributed by atoms with E-state index in [1.807, 2.05) is 29.6 Å². The highest BCUT2D eigenvalue weighted by Gasteiger charge is 2.13. The largest absolute Gasteiger partial charge is 0.310 e. The molecule has 130 valence electrons. The first-order chi connectivity index (χ1) is 12.5. The molecule has 0 spiro atoms. The topological polar surface area (TPSA) is 45.8 Å². The normalized spacial score (nSPS) is 11.2. The zero-order valence-electron chi connectivity index (χ0n) is 14.5. The summed E-state index contributed by atoms with van der Waals surface area (Å²) in [5, 5.41) is 3.38. The van der Waals surface area contributed by atoms with Gasteiger partial charge in [-0.05, 0) is 48.2 Å². The van der Waals surface area contributed by atoms with Gasteiger partial charge in [-0.3, -0.25) is 4.79 Å². The lowest BCUT2D eigenvalue weighted by molar-refractivity contribution is 0.977. The number of aryl methyl sites for hydroxylation is 2. The van der Waals surface area contributed by atoms with Gasteiger partial charge in [-0.25, -0.2) is 4.98 Å². The van der Waals surface area contributed by atoms with Crippen LogP contribution < -0.4 is 5.56 Å². The van der Waals surface area contributed by atoms with Crippen LogP contribution in [0.25, 0.3) is 21.3 Å². The molecule has 4 rings (SSSR count). The average Bonchev–Trinajstić information content (AvgIpc) is 3.04. The lowest BCUT2D eigenvalue weighted by atomic mass is 10.0. The molecular weight excluding hydrogens is 364 g/mol. The highest BCUT2D eigenvalue weighted by molar-refractivity contribution is 7.17. The van der Waals surface area contributed by atoms with Gasteiger partial charge < -0.3 is 4.98 Å². The zero-order chi connectivity index (χ0) is 18.3. The van der Waals surface area contributed by atoms with E-state index in [1.54, 1.807) is 0 Å². The number of hydrogen-bond donors (Lipinski definition) is 1. The molecule has 3 nitrogen and oxygen atoms in total. The third-order valence-corrected chi connectivity index (χ3v) is 5.72. The molecule has 26 heavy (non-hydrogen) atoms. The molecule has 2 heterocycles. The van der Waals surface area contributed by atoms with Gasteiger partial charge in [-0.2, -0.15) is 0 Å². The molecule has 5 heteroatoms. The molecule has 0 unspecified atom stereocenters. The van der Waals surface area contributed by atoms with Crippen molar-refractivity contribution >= 4 is 33.2 Å². The van der Waals surface area contributed by atoms with Crippen molar-refractivity contribution in [2.45, 2.75) is 20.3 Å². The van der Waals surface area contributed by atoms with Crippen LogP contribution in [0.2, 0.25) is 5.02 Å². The molecule has 0 aliphatic heterocycles. The lowest BCUT2D eigenvalue weighted by Crippen LogP contribution is -2.11. The number of aromatic nitrogens is 2. The Morgan fingerprint density at radius 1 is 1.08 bits per heavy atom. The van der Waals surface area contributed by atoms with Crippen LogP contribution in [0, 0.1) is 13.8 Å². The molecule has 2 aromatic heterocycles. The minimum atomic E-state index is -0.0894. The van der Waals surface area contributed by atoms with E-state index in [0.717, 1.165) is 21.5 Å². The van der Waals surface area contributed by atoms with Gasteiger partial charge in [0.25, 0.3) is 5.56 Å². The summed E-state index contributed by atoms with van der Waals surface area (Å²) in [6, 6.07) is 13.9. The van der Waals surface area contributed by atoms with Crippen molar-refractivity contribution in [3.63, 3.8) is 0 Å².